The summed E-state index contributed by atoms with van der Waals surface area (Å²) in [5.41, 5.74) is 3.27. The molecular formula is C9H10ClN7O4. The fourth-order valence-electron chi connectivity index (χ4n) is 1.44. The quantitative estimate of drug-likeness (QED) is 0.521. The first-order valence-corrected chi connectivity index (χ1v) is 6.13. The third-order valence-electron chi connectivity index (χ3n) is 2.39. The Labute approximate surface area is 121 Å². The van der Waals surface area contributed by atoms with E-state index >= 15 is 0 Å². The fraction of sp³-hybridized carbons (Fsp3) is 0.333. The van der Waals surface area contributed by atoms with Crippen molar-refractivity contribution >= 4 is 29.2 Å². The van der Waals surface area contributed by atoms with E-state index in [9.17, 15) is 14.4 Å². The van der Waals surface area contributed by atoms with Crippen molar-refractivity contribution in [1.82, 2.24) is 35.2 Å². The Morgan fingerprint density at radius 3 is 2.86 bits per heavy atom. The first kappa shape index (κ1) is 14.7. The van der Waals surface area contributed by atoms with E-state index in [0.717, 1.165) is 22.5 Å². The fourth-order valence-corrected chi connectivity index (χ4v) is 1.60. The molecule has 0 radical (unpaired) electrons. The number of carbonyl (C=O) groups excluding carboxylic acids is 2. The molecule has 0 aromatic carbocycles. The van der Waals surface area contributed by atoms with Crippen LogP contribution >= 0.6 is 11.6 Å². The number of nitrogens with zero attached hydrogens (tertiary/aromatic N) is 5. The summed E-state index contributed by atoms with van der Waals surface area (Å²) < 4.78 is 6.37. The van der Waals surface area contributed by atoms with Crippen LogP contribution in [0.2, 0.25) is 0 Å². The smallest absolute Gasteiger partial charge is 0.425 e. The highest BCUT2D eigenvalue weighted by atomic mass is 35.5. The lowest BCUT2D eigenvalue weighted by molar-refractivity contribution is 0.0917. The maximum Gasteiger partial charge on any atom is 0.425 e. The molecule has 0 aliphatic heterocycles. The molecule has 2 aromatic heterocycles. The Morgan fingerprint density at radius 1 is 1.43 bits per heavy atom. The van der Waals surface area contributed by atoms with Crippen molar-refractivity contribution in [3.63, 3.8) is 0 Å². The van der Waals surface area contributed by atoms with E-state index < -0.39 is 17.7 Å². The summed E-state index contributed by atoms with van der Waals surface area (Å²) in [6.07, 6.45) is 0.270. The molecule has 2 N–H and O–H groups in total. The minimum atomic E-state index is -0.859. The Kier molecular flexibility index (Phi) is 4.33. The van der Waals surface area contributed by atoms with Gasteiger partial charge in [0.15, 0.2) is 11.3 Å². The van der Waals surface area contributed by atoms with Crippen molar-refractivity contribution in [2.24, 2.45) is 0 Å². The predicted molar refractivity (Wildman–Crippen MR) is 68.8 cm³/mol. The molecule has 0 unspecified atom stereocenters. The van der Waals surface area contributed by atoms with Gasteiger partial charge in [-0.05, 0) is 0 Å². The Balaban J connectivity index is 2.30. The van der Waals surface area contributed by atoms with Crippen LogP contribution in [0.3, 0.4) is 0 Å². The highest BCUT2D eigenvalue weighted by Gasteiger charge is 2.18. The average molecular weight is 316 g/mol. The summed E-state index contributed by atoms with van der Waals surface area (Å²) in [6, 6.07) is 0. The van der Waals surface area contributed by atoms with E-state index in [-0.39, 0.29) is 23.8 Å². The molecule has 112 valence electrons. The van der Waals surface area contributed by atoms with Crippen molar-refractivity contribution < 1.29 is 14.3 Å². The number of aryl methyl sites for hydroxylation is 1. The Morgan fingerprint density at radius 2 is 2.19 bits per heavy atom. The minimum Gasteiger partial charge on any atom is -0.452 e. The number of amides is 2. The zero-order valence-corrected chi connectivity index (χ0v) is 11.5. The van der Waals surface area contributed by atoms with Gasteiger partial charge in [-0.25, -0.2) is 24.4 Å². The molecule has 0 spiro atoms. The summed E-state index contributed by atoms with van der Waals surface area (Å²) >= 11 is 5.53. The topological polar surface area (TPSA) is 133 Å². The van der Waals surface area contributed by atoms with Gasteiger partial charge in [-0.3, -0.25) is 10.2 Å². The number of alkyl halides is 1. The van der Waals surface area contributed by atoms with Crippen molar-refractivity contribution in [3.05, 3.63) is 22.5 Å². The number of hydrogen-bond acceptors (Lipinski definition) is 7. The van der Waals surface area contributed by atoms with Gasteiger partial charge < -0.3 is 4.74 Å². The molecular weight excluding hydrogens is 306 g/mol. The van der Waals surface area contributed by atoms with Gasteiger partial charge in [0.25, 0.3) is 5.91 Å². The molecule has 0 atom stereocenters. The van der Waals surface area contributed by atoms with Crippen LogP contribution in [-0.2, 0) is 11.3 Å². The van der Waals surface area contributed by atoms with Crippen LogP contribution in [0.1, 0.15) is 10.5 Å². The first-order valence-electron chi connectivity index (χ1n) is 5.59. The molecule has 2 aromatic rings. The molecule has 0 saturated carbocycles. The molecule has 2 rings (SSSR count). The van der Waals surface area contributed by atoms with Crippen molar-refractivity contribution in [3.8, 4) is 0 Å². The van der Waals surface area contributed by atoms with E-state index in [0.29, 0.717) is 0 Å². The van der Waals surface area contributed by atoms with Crippen molar-refractivity contribution in [2.45, 2.75) is 6.54 Å². The molecule has 11 nitrogen and oxygen atoms in total. The number of fused-ring (bicyclic) bond motifs is 1. The van der Waals surface area contributed by atoms with Gasteiger partial charge in [-0.1, -0.05) is 5.21 Å². The number of imidazole rings is 1. The molecule has 12 heteroatoms. The van der Waals surface area contributed by atoms with Crippen molar-refractivity contribution in [2.75, 3.05) is 13.0 Å². The molecule has 0 saturated heterocycles. The lowest BCUT2D eigenvalue weighted by atomic mass is 10.4. The number of aromatic nitrogens is 5. The van der Waals surface area contributed by atoms with E-state index in [2.05, 4.69) is 25.5 Å². The van der Waals surface area contributed by atoms with Crippen molar-refractivity contribution in [1.29, 1.82) is 0 Å². The third kappa shape index (κ3) is 2.91. The zero-order valence-electron chi connectivity index (χ0n) is 10.7. The SMILES string of the molecule is COC(=O)NNC(=O)c1ncn2c(=O)n(CCCl)nnc12. The van der Waals surface area contributed by atoms with Gasteiger partial charge in [0.05, 0.1) is 13.7 Å². The van der Waals surface area contributed by atoms with Gasteiger partial charge in [-0.15, -0.1) is 16.7 Å². The number of nitrogens with one attached hydrogen (secondary N) is 2. The number of carbonyl (C=O) groups is 2. The molecule has 0 fully saturated rings. The summed E-state index contributed by atoms with van der Waals surface area (Å²) in [5, 5.41) is 7.38. The molecule has 0 aliphatic rings. The molecule has 2 amide bonds. The maximum absolute atomic E-state index is 12.0. The summed E-state index contributed by atoms with van der Waals surface area (Å²) in [4.78, 5) is 38.4. The largest absolute Gasteiger partial charge is 0.452 e. The second-order valence-corrected chi connectivity index (χ2v) is 4.02. The highest BCUT2D eigenvalue weighted by Crippen LogP contribution is 2.01. The summed E-state index contributed by atoms with van der Waals surface area (Å²) in [6.45, 7) is 0.174. The van der Waals surface area contributed by atoms with Gasteiger partial charge in [-0.2, -0.15) is 4.68 Å². The zero-order chi connectivity index (χ0) is 15.4. The Bertz CT molecular complexity index is 739. The van der Waals surface area contributed by atoms with Crippen LogP contribution in [0.25, 0.3) is 5.65 Å². The van der Waals surface area contributed by atoms with Gasteiger partial charge in [0.2, 0.25) is 0 Å². The first-order chi connectivity index (χ1) is 10.1. The Hall–Kier alpha value is -2.69. The number of hydrogen-bond donors (Lipinski definition) is 2. The summed E-state index contributed by atoms with van der Waals surface area (Å²) in [7, 11) is 1.14. The number of rotatable bonds is 3. The summed E-state index contributed by atoms with van der Waals surface area (Å²) in [5.74, 6) is -0.586. The molecule has 21 heavy (non-hydrogen) atoms. The maximum atomic E-state index is 12.0. The number of ether oxygens (including phenoxy) is 1. The molecule has 0 bridgehead atoms. The normalized spacial score (nSPS) is 10.4. The lowest BCUT2D eigenvalue weighted by Gasteiger charge is -2.04. The molecule has 0 aliphatic carbocycles. The van der Waals surface area contributed by atoms with Gasteiger partial charge in [0.1, 0.15) is 6.33 Å². The van der Waals surface area contributed by atoms with E-state index in [1.54, 1.807) is 0 Å². The third-order valence-corrected chi connectivity index (χ3v) is 2.56. The van der Waals surface area contributed by atoms with Crippen LogP contribution in [0.4, 0.5) is 4.79 Å². The van der Waals surface area contributed by atoms with Crippen LogP contribution in [0, 0.1) is 0 Å². The standard InChI is InChI=1S/C9H10ClN7O4/c1-21-8(19)14-13-7(18)5-6-12-15-17(3-2-10)9(20)16(6)4-11-5/h4H,2-3H2,1H3,(H,13,18)(H,14,19). The lowest BCUT2D eigenvalue weighted by Crippen LogP contribution is -2.42. The van der Waals surface area contributed by atoms with Crippen LogP contribution < -0.4 is 16.5 Å². The van der Waals surface area contributed by atoms with E-state index in [1.165, 1.54) is 0 Å². The average Bonchev–Trinajstić information content (AvgIpc) is 2.92. The highest BCUT2D eigenvalue weighted by molar-refractivity contribution is 6.17. The molecule has 2 heterocycles. The van der Waals surface area contributed by atoms with Crippen LogP contribution in [0.5, 0.6) is 0 Å². The van der Waals surface area contributed by atoms with E-state index in [1.807, 2.05) is 5.43 Å². The monoisotopic (exact) mass is 315 g/mol. The van der Waals surface area contributed by atoms with Gasteiger partial charge in [0, 0.05) is 5.88 Å². The van der Waals surface area contributed by atoms with Crippen LogP contribution in [0.15, 0.2) is 11.1 Å². The number of hydrazine groups is 1. The second-order valence-electron chi connectivity index (χ2n) is 3.64. The van der Waals surface area contributed by atoms with E-state index in [4.69, 9.17) is 11.6 Å². The second kappa shape index (κ2) is 6.17. The predicted octanol–water partition coefficient (Wildman–Crippen LogP) is -1.47. The number of halogens is 1. The number of methoxy groups -OCH3 is 1. The minimum absolute atomic E-state index is 0.0463. The van der Waals surface area contributed by atoms with Gasteiger partial charge >= 0.3 is 11.8 Å². The van der Waals surface area contributed by atoms with Crippen LogP contribution in [-0.4, -0.2) is 49.4 Å².